The van der Waals surface area contributed by atoms with Crippen molar-refractivity contribution in [1.29, 1.82) is 0 Å². The van der Waals surface area contributed by atoms with Crippen LogP contribution < -0.4 is 4.74 Å². The van der Waals surface area contributed by atoms with Crippen molar-refractivity contribution in [2.45, 2.75) is 90.3 Å². The molecule has 0 heterocycles. The molecule has 0 spiro atoms. The Labute approximate surface area is 172 Å². The predicted octanol–water partition coefficient (Wildman–Crippen LogP) is 8.24. The second-order valence-corrected chi connectivity index (χ2v) is 9.36. The SMILES string of the molecule is CCC1CCC(C(C)CC2CCC(c3ccc(OC(F)(F)F)c(F)c3)CC2)CC1. The predicted molar refractivity (Wildman–Crippen MR) is 107 cm³/mol. The maximum absolute atomic E-state index is 14.0. The summed E-state index contributed by atoms with van der Waals surface area (Å²) >= 11 is 0. The third-order valence-corrected chi connectivity index (χ3v) is 7.48. The van der Waals surface area contributed by atoms with Gasteiger partial charge >= 0.3 is 6.36 Å². The van der Waals surface area contributed by atoms with Crippen LogP contribution in [0.3, 0.4) is 0 Å². The average molecular weight is 415 g/mol. The molecule has 1 nitrogen and oxygen atoms in total. The molecular formula is C24H34F4O. The molecule has 1 atom stereocenters. The lowest BCUT2D eigenvalue weighted by Crippen LogP contribution is -2.23. The Hall–Kier alpha value is -1.26. The van der Waals surface area contributed by atoms with Crippen LogP contribution in [0.2, 0.25) is 0 Å². The molecule has 0 amide bonds. The van der Waals surface area contributed by atoms with Crippen LogP contribution in [0.4, 0.5) is 17.6 Å². The zero-order chi connectivity index (χ0) is 21.0. The first-order chi connectivity index (χ1) is 13.7. The Morgan fingerprint density at radius 3 is 2.14 bits per heavy atom. The van der Waals surface area contributed by atoms with E-state index in [1.54, 1.807) is 6.07 Å². The van der Waals surface area contributed by atoms with E-state index in [2.05, 4.69) is 18.6 Å². The zero-order valence-electron chi connectivity index (χ0n) is 17.6. The van der Waals surface area contributed by atoms with Gasteiger partial charge in [0.25, 0.3) is 0 Å². The van der Waals surface area contributed by atoms with Gasteiger partial charge in [-0.15, -0.1) is 13.2 Å². The summed E-state index contributed by atoms with van der Waals surface area (Å²) in [5.41, 5.74) is 0.793. The second-order valence-electron chi connectivity index (χ2n) is 9.36. The minimum absolute atomic E-state index is 0.232. The standard InChI is InChI=1S/C24H34F4O/c1-3-17-4-8-19(9-5-17)16(2)14-18-6-10-20(11-7-18)21-12-13-23(22(25)15-21)29-24(26,27)28/h12-13,15-20H,3-11,14H2,1-2H3. The van der Waals surface area contributed by atoms with Gasteiger partial charge in [-0.25, -0.2) is 4.39 Å². The molecule has 1 aromatic rings. The lowest BCUT2D eigenvalue weighted by molar-refractivity contribution is -0.275. The first-order valence-corrected chi connectivity index (χ1v) is 11.3. The molecule has 5 heteroatoms. The summed E-state index contributed by atoms with van der Waals surface area (Å²) in [4.78, 5) is 0. The molecule has 1 unspecified atom stereocenters. The maximum Gasteiger partial charge on any atom is 0.573 e. The van der Waals surface area contributed by atoms with E-state index in [1.807, 2.05) is 0 Å². The highest BCUT2D eigenvalue weighted by Crippen LogP contribution is 2.42. The monoisotopic (exact) mass is 414 g/mol. The van der Waals surface area contributed by atoms with Crippen LogP contribution in [-0.2, 0) is 0 Å². The van der Waals surface area contributed by atoms with Crippen LogP contribution in [0.1, 0.15) is 89.5 Å². The number of ether oxygens (including phenoxy) is 1. The number of hydrogen-bond acceptors (Lipinski definition) is 1. The van der Waals surface area contributed by atoms with Crippen molar-refractivity contribution in [1.82, 2.24) is 0 Å². The topological polar surface area (TPSA) is 9.23 Å². The van der Waals surface area contributed by atoms with Crippen molar-refractivity contribution < 1.29 is 22.3 Å². The number of halogens is 4. The van der Waals surface area contributed by atoms with Crippen molar-refractivity contribution in [2.75, 3.05) is 0 Å². The van der Waals surface area contributed by atoms with Crippen LogP contribution in [0, 0.1) is 29.5 Å². The molecule has 2 saturated carbocycles. The molecule has 0 aromatic heterocycles. The highest BCUT2D eigenvalue weighted by molar-refractivity contribution is 5.31. The summed E-state index contributed by atoms with van der Waals surface area (Å²) in [5.74, 6) is 1.84. The Bertz CT molecular complexity index is 641. The molecule has 0 N–H and O–H groups in total. The van der Waals surface area contributed by atoms with Gasteiger partial charge in [-0.1, -0.05) is 39.2 Å². The summed E-state index contributed by atoms with van der Waals surface area (Å²) < 4.78 is 54.7. The van der Waals surface area contributed by atoms with Crippen LogP contribution in [0.5, 0.6) is 5.75 Å². The van der Waals surface area contributed by atoms with E-state index in [9.17, 15) is 17.6 Å². The van der Waals surface area contributed by atoms with Gasteiger partial charge in [0.15, 0.2) is 11.6 Å². The van der Waals surface area contributed by atoms with Gasteiger partial charge in [-0.3, -0.25) is 0 Å². The summed E-state index contributed by atoms with van der Waals surface area (Å²) in [5, 5.41) is 0. The largest absolute Gasteiger partial charge is 0.573 e. The lowest BCUT2D eigenvalue weighted by atomic mass is 9.70. The summed E-state index contributed by atoms with van der Waals surface area (Å²) in [7, 11) is 0. The minimum atomic E-state index is -4.87. The molecule has 0 radical (unpaired) electrons. The average Bonchev–Trinajstić information content (AvgIpc) is 2.69. The molecule has 164 valence electrons. The third-order valence-electron chi connectivity index (χ3n) is 7.48. The smallest absolute Gasteiger partial charge is 0.403 e. The highest BCUT2D eigenvalue weighted by Gasteiger charge is 2.33. The van der Waals surface area contributed by atoms with Crippen LogP contribution >= 0.6 is 0 Å². The molecule has 3 rings (SSSR count). The second kappa shape index (κ2) is 9.70. The van der Waals surface area contributed by atoms with E-state index in [0.29, 0.717) is 0 Å². The number of alkyl halides is 3. The molecule has 2 fully saturated rings. The highest BCUT2D eigenvalue weighted by atomic mass is 19.4. The van der Waals surface area contributed by atoms with Gasteiger partial charge in [0, 0.05) is 0 Å². The van der Waals surface area contributed by atoms with E-state index in [1.165, 1.54) is 44.6 Å². The van der Waals surface area contributed by atoms with E-state index in [0.717, 1.165) is 61.0 Å². The number of benzene rings is 1. The summed E-state index contributed by atoms with van der Waals surface area (Å²) in [6.45, 7) is 4.72. The fraction of sp³-hybridized carbons (Fsp3) is 0.750. The van der Waals surface area contributed by atoms with Crippen molar-refractivity contribution in [2.24, 2.45) is 23.7 Å². The van der Waals surface area contributed by atoms with E-state index < -0.39 is 17.9 Å². The Balaban J connectivity index is 1.47. The maximum atomic E-state index is 14.0. The van der Waals surface area contributed by atoms with Crippen LogP contribution in [0.15, 0.2) is 18.2 Å². The summed E-state index contributed by atoms with van der Waals surface area (Å²) in [6, 6.07) is 3.92. The van der Waals surface area contributed by atoms with Crippen LogP contribution in [-0.4, -0.2) is 6.36 Å². The van der Waals surface area contributed by atoms with Gasteiger partial charge in [0.05, 0.1) is 0 Å². The fourth-order valence-electron chi connectivity index (χ4n) is 5.59. The van der Waals surface area contributed by atoms with Crippen molar-refractivity contribution >= 4 is 0 Å². The Morgan fingerprint density at radius 2 is 1.59 bits per heavy atom. The molecule has 0 bridgehead atoms. The molecule has 2 aliphatic rings. The molecule has 2 aliphatic carbocycles. The van der Waals surface area contributed by atoms with Gasteiger partial charge in [-0.2, -0.15) is 0 Å². The van der Waals surface area contributed by atoms with E-state index >= 15 is 0 Å². The van der Waals surface area contributed by atoms with Gasteiger partial charge in [0.1, 0.15) is 0 Å². The fourth-order valence-corrected chi connectivity index (χ4v) is 5.59. The Morgan fingerprint density at radius 1 is 0.966 bits per heavy atom. The first kappa shape index (κ1) is 22.4. The number of rotatable bonds is 6. The quantitative estimate of drug-likeness (QED) is 0.426. The summed E-state index contributed by atoms with van der Waals surface area (Å²) in [6.07, 6.45) is 7.47. The minimum Gasteiger partial charge on any atom is -0.403 e. The van der Waals surface area contributed by atoms with Crippen molar-refractivity contribution in [3.63, 3.8) is 0 Å². The van der Waals surface area contributed by atoms with Gasteiger partial charge in [0.2, 0.25) is 0 Å². The molecule has 1 aromatic carbocycles. The van der Waals surface area contributed by atoms with E-state index in [-0.39, 0.29) is 5.92 Å². The number of hydrogen-bond donors (Lipinski definition) is 0. The third kappa shape index (κ3) is 6.36. The molecule has 0 aliphatic heterocycles. The van der Waals surface area contributed by atoms with Gasteiger partial charge < -0.3 is 4.74 Å². The van der Waals surface area contributed by atoms with E-state index in [4.69, 9.17) is 0 Å². The first-order valence-electron chi connectivity index (χ1n) is 11.3. The van der Waals surface area contributed by atoms with Crippen LogP contribution in [0.25, 0.3) is 0 Å². The molecular weight excluding hydrogens is 380 g/mol. The van der Waals surface area contributed by atoms with Crippen molar-refractivity contribution in [3.05, 3.63) is 29.6 Å². The molecule has 29 heavy (non-hydrogen) atoms. The van der Waals surface area contributed by atoms with Crippen molar-refractivity contribution in [3.8, 4) is 5.75 Å². The normalized spacial score (nSPS) is 29.4. The van der Waals surface area contributed by atoms with Gasteiger partial charge in [-0.05, 0) is 92.2 Å². The molecule has 0 saturated heterocycles. The zero-order valence-corrected chi connectivity index (χ0v) is 17.6. The Kier molecular flexibility index (Phi) is 7.50. The lowest BCUT2D eigenvalue weighted by Gasteiger charge is -2.35.